The molecule has 1 heterocycles. The zero-order valence-electron chi connectivity index (χ0n) is 16.7. The van der Waals surface area contributed by atoms with Crippen molar-refractivity contribution in [1.82, 2.24) is 0 Å². The molecule has 6 rings (SSSR count). The average Bonchev–Trinajstić information content (AvgIpc) is 3.42. The molecule has 0 bridgehead atoms. The molecular weight excluding hydrogens is 588 g/mol. The molecule has 1 aliphatic heterocycles. The molecule has 1 nitrogen and oxygen atoms in total. The number of benzene rings is 3. The Bertz CT molecular complexity index is 1360. The van der Waals surface area contributed by atoms with E-state index in [9.17, 15) is 0 Å². The minimum absolute atomic E-state index is 0.174. The van der Waals surface area contributed by atoms with Crippen LogP contribution < -0.4 is 11.4 Å². The van der Waals surface area contributed by atoms with Gasteiger partial charge in [-0.1, -0.05) is 0 Å². The van der Waals surface area contributed by atoms with Crippen molar-refractivity contribution in [3.63, 3.8) is 0 Å². The van der Waals surface area contributed by atoms with Gasteiger partial charge in [0.05, 0.1) is 0 Å². The van der Waals surface area contributed by atoms with E-state index in [0.29, 0.717) is 0 Å². The quantitative estimate of drug-likeness (QED) is 0.312. The monoisotopic (exact) mass is 604 g/mol. The average molecular weight is 608 g/mol. The van der Waals surface area contributed by atoms with Crippen molar-refractivity contribution in [3.05, 3.63) is 93.0 Å². The van der Waals surface area contributed by atoms with Crippen LogP contribution in [0.2, 0.25) is 0 Å². The molecule has 0 radical (unpaired) electrons. The summed E-state index contributed by atoms with van der Waals surface area (Å²) in [5, 5.41) is 0. The molecule has 0 saturated carbocycles. The van der Waals surface area contributed by atoms with E-state index < -0.39 is 14.9 Å². The van der Waals surface area contributed by atoms with Gasteiger partial charge >= 0.3 is 205 Å². The Morgan fingerprint density at radius 2 is 1.84 bits per heavy atom. The molecule has 0 amide bonds. The number of fused-ring (bicyclic) bond motifs is 6. The molecule has 0 saturated heterocycles. The topological polar surface area (TPSA) is 3.24 Å². The number of halogens is 3. The molecule has 0 aromatic heterocycles. The molecule has 6 heteroatoms. The number of nitrogens with zero attached hydrogens (tertiary/aromatic N) is 1. The number of likely N-dealkylation sites (N-methyl/N-ethyl adjacent to an activating group) is 1. The summed E-state index contributed by atoms with van der Waals surface area (Å²) < 4.78 is 3.10. The first-order valence-electron chi connectivity index (χ1n) is 10.2. The van der Waals surface area contributed by atoms with E-state index in [1.165, 1.54) is 27.8 Å². The van der Waals surface area contributed by atoms with E-state index in [-0.39, 0.29) is 6.04 Å². The van der Waals surface area contributed by atoms with E-state index in [1.54, 1.807) is 0 Å². The second-order valence-electron chi connectivity index (χ2n) is 8.54. The predicted octanol–water partition coefficient (Wildman–Crippen LogP) is 6.86. The second-order valence-corrected chi connectivity index (χ2v) is 35.4. The van der Waals surface area contributed by atoms with Crippen LogP contribution in [-0.4, -0.2) is 7.05 Å². The molecule has 2 aliphatic carbocycles. The van der Waals surface area contributed by atoms with Gasteiger partial charge in [-0.2, -0.15) is 0 Å². The van der Waals surface area contributed by atoms with Crippen LogP contribution in [0.4, 0.5) is 5.69 Å². The van der Waals surface area contributed by atoms with E-state index in [4.69, 9.17) is 26.4 Å². The fourth-order valence-electron chi connectivity index (χ4n) is 5.41. The van der Waals surface area contributed by atoms with Crippen molar-refractivity contribution in [2.24, 2.45) is 0 Å². The Balaban J connectivity index is 1.58. The first-order valence-corrected chi connectivity index (χ1v) is 23.6. The third kappa shape index (κ3) is 2.92. The standard InChI is InChI=1S/C16H11BrN.C9H7.2ClH.H2S.Zr/c1-18-15-5-3-2-4-13(15)14-9-10-8-11(17)6-7-12(10)16(14)18;1-2-5-9-7-3-6-8(9)4-1;;;;/h2-4,6-9,16H,1H3;1-4,7H,6H2;2*1H;1H2;/q;;;;;+3/p-3. The normalized spacial score (nSPS) is 19.4. The van der Waals surface area contributed by atoms with Gasteiger partial charge in [-0.05, 0) is 0 Å². The van der Waals surface area contributed by atoms with Crippen molar-refractivity contribution in [2.75, 3.05) is 11.9 Å². The van der Waals surface area contributed by atoms with Gasteiger partial charge in [0.15, 0.2) is 0 Å². The van der Waals surface area contributed by atoms with E-state index in [0.717, 1.165) is 28.7 Å². The van der Waals surface area contributed by atoms with Crippen molar-refractivity contribution in [1.29, 1.82) is 0 Å². The molecule has 155 valence electrons. The molecule has 1 unspecified atom stereocenters. The Hall–Kier alpha value is -0.767. The van der Waals surface area contributed by atoms with Crippen LogP contribution in [0.25, 0.3) is 17.7 Å². The number of allylic oxidation sites excluding steroid dienone is 1. The molecule has 1 atom stereocenters. The van der Waals surface area contributed by atoms with Gasteiger partial charge in [0.1, 0.15) is 0 Å². The summed E-state index contributed by atoms with van der Waals surface area (Å²) in [7, 11) is 22.3. The number of hydrogen-bond acceptors (Lipinski definition) is 2. The van der Waals surface area contributed by atoms with Crippen molar-refractivity contribution >= 4 is 72.3 Å². The third-order valence-corrected chi connectivity index (χ3v) is 21.5. The van der Waals surface area contributed by atoms with Crippen LogP contribution >= 0.6 is 42.3 Å². The molecule has 0 fully saturated rings. The van der Waals surface area contributed by atoms with Crippen LogP contribution in [0.5, 0.6) is 0 Å². The molecule has 3 aromatic rings. The summed E-state index contributed by atoms with van der Waals surface area (Å²) in [6.45, 7) is 0. The van der Waals surface area contributed by atoms with Crippen LogP contribution in [0.1, 0.15) is 33.9 Å². The fourth-order valence-corrected chi connectivity index (χ4v) is 17.8. The van der Waals surface area contributed by atoms with Crippen LogP contribution in [0.15, 0.2) is 65.1 Å². The van der Waals surface area contributed by atoms with Gasteiger partial charge in [0.25, 0.3) is 0 Å². The number of para-hydroxylation sites is 1. The Morgan fingerprint density at radius 1 is 1.06 bits per heavy atom. The van der Waals surface area contributed by atoms with Gasteiger partial charge in [0, 0.05) is 0 Å². The maximum absolute atomic E-state index is 7.51. The Kier molecular flexibility index (Phi) is 4.61. The number of thiol groups is 1. The van der Waals surface area contributed by atoms with Gasteiger partial charge in [0.2, 0.25) is 0 Å². The van der Waals surface area contributed by atoms with E-state index in [1.807, 2.05) is 0 Å². The zero-order chi connectivity index (χ0) is 21.6. The number of rotatable bonds is 2. The van der Waals surface area contributed by atoms with E-state index >= 15 is 0 Å². The third-order valence-electron chi connectivity index (χ3n) is 6.77. The minimum atomic E-state index is -4.86. The summed E-state index contributed by atoms with van der Waals surface area (Å²) in [5.41, 5.74) is 8.63. The first-order chi connectivity index (χ1) is 14.7. The van der Waals surface area contributed by atoms with Gasteiger partial charge in [-0.15, -0.1) is 0 Å². The van der Waals surface area contributed by atoms with E-state index in [2.05, 4.69) is 101 Å². The molecule has 0 spiro atoms. The molecule has 0 N–H and O–H groups in total. The summed E-state index contributed by atoms with van der Waals surface area (Å²) in [4.78, 5) is 2.34. The first kappa shape index (κ1) is 20.8. The Labute approximate surface area is 202 Å². The van der Waals surface area contributed by atoms with Crippen molar-refractivity contribution in [2.45, 2.75) is 12.5 Å². The summed E-state index contributed by atoms with van der Waals surface area (Å²) >= 11 is -1.26. The summed E-state index contributed by atoms with van der Waals surface area (Å²) in [6.07, 6.45) is 7.54. The molecular formula is C25H19BrCl2NSZr. The van der Waals surface area contributed by atoms with Gasteiger partial charge < -0.3 is 0 Å². The van der Waals surface area contributed by atoms with Crippen LogP contribution in [-0.2, 0) is 21.4 Å². The fraction of sp³-hybridized carbons (Fsp3) is 0.120. The predicted molar refractivity (Wildman–Crippen MR) is 139 cm³/mol. The SMILES string of the molecule is CN1c2c(ccc[c]2[Zr]([SH])([Cl])([Cl])[c]2cccc3c2C=CC3)C2=Cc3cc(Br)ccc3C21. The second kappa shape index (κ2) is 6.87. The van der Waals surface area contributed by atoms with Crippen LogP contribution in [0, 0.1) is 0 Å². The Morgan fingerprint density at radius 3 is 2.68 bits per heavy atom. The summed E-state index contributed by atoms with van der Waals surface area (Å²) in [6, 6.07) is 19.3. The van der Waals surface area contributed by atoms with Crippen molar-refractivity contribution in [3.8, 4) is 0 Å². The molecule has 3 aromatic carbocycles. The summed E-state index contributed by atoms with van der Waals surface area (Å²) in [5.74, 6) is 0. The van der Waals surface area contributed by atoms with Crippen molar-refractivity contribution < 1.29 is 14.9 Å². The van der Waals surface area contributed by atoms with Crippen LogP contribution in [0.3, 0.4) is 0 Å². The molecule has 31 heavy (non-hydrogen) atoms. The maximum atomic E-state index is 7.51. The molecule has 3 aliphatic rings. The number of anilines is 1. The zero-order valence-corrected chi connectivity index (χ0v) is 23.2. The number of hydrogen-bond donors (Lipinski definition) is 1. The van der Waals surface area contributed by atoms with Gasteiger partial charge in [-0.3, -0.25) is 0 Å². The van der Waals surface area contributed by atoms with Gasteiger partial charge in [-0.25, -0.2) is 0 Å².